The fourth-order valence-corrected chi connectivity index (χ4v) is 8.19. The largest absolute Gasteiger partial charge is 0.382 e. The molecule has 3 heterocycles. The van der Waals surface area contributed by atoms with Crippen molar-refractivity contribution in [2.75, 3.05) is 12.3 Å². The molecule has 4 atom stereocenters. The maximum Gasteiger partial charge on any atom is 0.297 e. The van der Waals surface area contributed by atoms with E-state index >= 15 is 0 Å². The molecule has 1 saturated heterocycles. The van der Waals surface area contributed by atoms with E-state index in [0.717, 1.165) is 23.0 Å². The van der Waals surface area contributed by atoms with Crippen molar-refractivity contribution >= 4 is 47.3 Å². The van der Waals surface area contributed by atoms with Crippen LogP contribution in [0.25, 0.3) is 11.2 Å². The molecule has 3 aromatic carbocycles. The van der Waals surface area contributed by atoms with E-state index in [0.29, 0.717) is 0 Å². The number of rotatable bonds is 11. The van der Waals surface area contributed by atoms with Crippen molar-refractivity contribution in [2.24, 2.45) is 0 Å². The van der Waals surface area contributed by atoms with Crippen LogP contribution in [0.15, 0.2) is 100 Å². The number of fused-ring (bicyclic) bond motifs is 1. The van der Waals surface area contributed by atoms with Crippen LogP contribution in [-0.2, 0) is 47.6 Å². The predicted molar refractivity (Wildman–Crippen MR) is 174 cm³/mol. The Labute approximate surface area is 283 Å². The fraction of sp³-hybridized carbons (Fsp3) is 0.258. The van der Waals surface area contributed by atoms with Gasteiger partial charge in [-0.2, -0.15) is 25.3 Å². The summed E-state index contributed by atoms with van der Waals surface area (Å²) in [7, 11) is -13.7. The van der Waals surface area contributed by atoms with Crippen LogP contribution in [-0.4, -0.2) is 69.7 Å². The van der Waals surface area contributed by atoms with Gasteiger partial charge in [0.1, 0.15) is 24.1 Å². The molecule has 0 amide bonds. The second-order valence-corrected chi connectivity index (χ2v) is 16.1. The number of nitrogen functional groups attached to an aromatic ring is 1. The van der Waals surface area contributed by atoms with Crippen LogP contribution in [0.1, 0.15) is 22.9 Å². The topological polar surface area (TPSA) is 209 Å². The molecule has 1 aliphatic heterocycles. The van der Waals surface area contributed by atoms with Crippen LogP contribution >= 0.6 is 0 Å². The van der Waals surface area contributed by atoms with Gasteiger partial charge in [0.05, 0.1) is 27.6 Å². The summed E-state index contributed by atoms with van der Waals surface area (Å²) in [5.41, 5.74) is 8.57. The van der Waals surface area contributed by atoms with Gasteiger partial charge in [0.15, 0.2) is 23.8 Å². The molecule has 15 nitrogen and oxygen atoms in total. The quantitative estimate of drug-likeness (QED) is 0.194. The van der Waals surface area contributed by atoms with E-state index in [1.807, 2.05) is 0 Å². The number of hydrogen-bond acceptors (Lipinski definition) is 14. The maximum atomic E-state index is 13.7. The van der Waals surface area contributed by atoms with Crippen molar-refractivity contribution in [3.63, 3.8) is 0 Å². The number of imidazole rings is 1. The molecule has 0 unspecified atom stereocenters. The van der Waals surface area contributed by atoms with Crippen LogP contribution in [0.2, 0.25) is 0 Å². The summed E-state index contributed by atoms with van der Waals surface area (Å²) < 4.78 is 105. The lowest BCUT2D eigenvalue weighted by Crippen LogP contribution is -2.41. The zero-order chi connectivity index (χ0) is 35.1. The standard InChI is InChI=1S/C31H31N5O10S3/c1-19-4-10-22(11-5-19)47(37,38)43-16-25-27(45-48(39,40)23-12-6-20(2)7-13-23)28(46-49(41,42)24-14-8-21(3)9-15-24)31(44-25)36-18-35-26-29(32)33-17-34-30(26)36/h4-15,17-18,25,27-28,31H,16H2,1-3H3,(H2,32,33,34)/t25-,27-,28-,31-/m1/s1. The van der Waals surface area contributed by atoms with E-state index in [4.69, 9.17) is 23.0 Å². The first-order valence-corrected chi connectivity index (χ1v) is 18.9. The number of hydrogen-bond donors (Lipinski definition) is 1. The zero-order valence-electron chi connectivity index (χ0n) is 26.3. The third-order valence-corrected chi connectivity index (χ3v) is 11.7. The van der Waals surface area contributed by atoms with Gasteiger partial charge >= 0.3 is 0 Å². The first kappa shape index (κ1) is 34.6. The summed E-state index contributed by atoms with van der Waals surface area (Å²) >= 11 is 0. The van der Waals surface area contributed by atoms with Crippen LogP contribution in [0.5, 0.6) is 0 Å². The first-order chi connectivity index (χ1) is 23.1. The van der Waals surface area contributed by atoms with Gasteiger partial charge < -0.3 is 10.5 Å². The molecule has 1 aliphatic rings. The third kappa shape index (κ3) is 7.20. The minimum atomic E-state index is -4.63. The van der Waals surface area contributed by atoms with Gasteiger partial charge in [-0.15, -0.1) is 0 Å². The highest BCUT2D eigenvalue weighted by molar-refractivity contribution is 7.87. The number of ether oxygens (including phenoxy) is 1. The summed E-state index contributed by atoms with van der Waals surface area (Å²) in [6.45, 7) is 4.52. The molecular weight excluding hydrogens is 699 g/mol. The van der Waals surface area contributed by atoms with Gasteiger partial charge in [-0.25, -0.2) is 15.0 Å². The van der Waals surface area contributed by atoms with E-state index in [9.17, 15) is 25.3 Å². The minimum absolute atomic E-state index is 0.00492. The summed E-state index contributed by atoms with van der Waals surface area (Å²) in [5.74, 6) is 0.00492. The molecule has 0 aliphatic carbocycles. The lowest BCUT2D eigenvalue weighted by atomic mass is 10.1. The summed E-state index contributed by atoms with van der Waals surface area (Å²) in [6.07, 6.45) is -4.23. The molecule has 258 valence electrons. The Morgan fingerprint density at radius 2 is 1.14 bits per heavy atom. The number of nitrogens with two attached hydrogens (primary N) is 1. The lowest BCUT2D eigenvalue weighted by Gasteiger charge is -2.24. The van der Waals surface area contributed by atoms with E-state index in [2.05, 4.69) is 15.0 Å². The lowest BCUT2D eigenvalue weighted by molar-refractivity contribution is -0.0419. The highest BCUT2D eigenvalue weighted by atomic mass is 32.2. The third-order valence-electron chi connectivity index (χ3n) is 7.74. The average Bonchev–Trinajstić information content (AvgIpc) is 3.62. The zero-order valence-corrected chi connectivity index (χ0v) is 28.7. The Kier molecular flexibility index (Phi) is 9.31. The van der Waals surface area contributed by atoms with Crippen molar-refractivity contribution in [2.45, 2.75) is 60.0 Å². The number of aromatic nitrogens is 4. The van der Waals surface area contributed by atoms with Gasteiger partial charge in [-0.1, -0.05) is 53.1 Å². The highest BCUT2D eigenvalue weighted by Crippen LogP contribution is 2.39. The Bertz CT molecular complexity index is 2310. The van der Waals surface area contributed by atoms with Crippen LogP contribution in [0.3, 0.4) is 0 Å². The van der Waals surface area contributed by atoms with Crippen molar-refractivity contribution in [3.05, 3.63) is 102 Å². The first-order valence-electron chi connectivity index (χ1n) is 14.7. The average molecular weight is 730 g/mol. The molecule has 1 fully saturated rings. The summed E-state index contributed by atoms with van der Waals surface area (Å²) in [4.78, 5) is 11.7. The van der Waals surface area contributed by atoms with E-state index < -0.39 is 61.5 Å². The van der Waals surface area contributed by atoms with Gasteiger partial charge in [-0.3, -0.25) is 17.1 Å². The second kappa shape index (κ2) is 13.2. The second-order valence-electron chi connectivity index (χ2n) is 11.4. The molecular formula is C31H31N5O10S3. The molecule has 18 heteroatoms. The van der Waals surface area contributed by atoms with E-state index in [1.54, 1.807) is 57.2 Å². The Balaban J connectivity index is 1.45. The molecule has 5 aromatic rings. The number of benzene rings is 3. The summed E-state index contributed by atoms with van der Waals surface area (Å²) in [6, 6.07) is 17.3. The molecule has 0 radical (unpaired) electrons. The number of nitrogens with zero attached hydrogens (tertiary/aromatic N) is 4. The van der Waals surface area contributed by atoms with Crippen molar-refractivity contribution in [1.29, 1.82) is 0 Å². The predicted octanol–water partition coefficient (Wildman–Crippen LogP) is 3.18. The van der Waals surface area contributed by atoms with E-state index in [1.165, 1.54) is 47.3 Å². The molecule has 0 spiro atoms. The molecule has 2 N–H and O–H groups in total. The molecule has 0 bridgehead atoms. The van der Waals surface area contributed by atoms with Crippen molar-refractivity contribution < 1.29 is 42.5 Å². The summed E-state index contributed by atoms with van der Waals surface area (Å²) in [5, 5.41) is 0. The van der Waals surface area contributed by atoms with Gasteiger partial charge in [-0.05, 0) is 57.2 Å². The number of aryl methyl sites for hydroxylation is 3. The normalized spacial score (nSPS) is 20.1. The van der Waals surface area contributed by atoms with Gasteiger partial charge in [0.2, 0.25) is 0 Å². The van der Waals surface area contributed by atoms with Gasteiger partial charge in [0.25, 0.3) is 30.4 Å². The fourth-order valence-electron chi connectivity index (χ4n) is 5.08. The van der Waals surface area contributed by atoms with Crippen molar-refractivity contribution in [3.8, 4) is 0 Å². The molecule has 6 rings (SSSR count). The number of anilines is 1. The molecule has 49 heavy (non-hydrogen) atoms. The van der Waals surface area contributed by atoms with Gasteiger partial charge in [0, 0.05) is 0 Å². The monoisotopic (exact) mass is 729 g/mol. The van der Waals surface area contributed by atoms with Crippen LogP contribution in [0, 0.1) is 20.8 Å². The highest BCUT2D eigenvalue weighted by Gasteiger charge is 2.52. The Morgan fingerprint density at radius 1 is 0.673 bits per heavy atom. The van der Waals surface area contributed by atoms with Crippen LogP contribution in [0.4, 0.5) is 5.82 Å². The van der Waals surface area contributed by atoms with Crippen LogP contribution < -0.4 is 5.73 Å². The smallest absolute Gasteiger partial charge is 0.297 e. The van der Waals surface area contributed by atoms with Crippen molar-refractivity contribution in [1.82, 2.24) is 19.5 Å². The Morgan fingerprint density at radius 3 is 1.65 bits per heavy atom. The van der Waals surface area contributed by atoms with E-state index in [-0.39, 0.29) is 31.7 Å². The maximum absolute atomic E-state index is 13.7. The molecule has 0 saturated carbocycles. The minimum Gasteiger partial charge on any atom is -0.382 e. The Hall–Kier alpha value is -4.30. The molecule has 2 aromatic heterocycles. The SMILES string of the molecule is Cc1ccc(S(=O)(=O)OC[C@H]2O[C@@H](n3cnc4c(N)ncnc43)[C@H](OS(=O)(=O)c3ccc(C)cc3)[C@@H]2OS(=O)(=O)c2ccc(C)cc2)cc1.